The molecule has 1 heterocycles. The van der Waals surface area contributed by atoms with Gasteiger partial charge >= 0.3 is 0 Å². The van der Waals surface area contributed by atoms with E-state index in [-0.39, 0.29) is 12.0 Å². The number of hydrogen-bond donors (Lipinski definition) is 1. The number of aliphatic hydroxyl groups excluding tert-OH is 1. The normalized spacial score (nSPS) is 18.4. The molecule has 1 atom stereocenters. The van der Waals surface area contributed by atoms with Gasteiger partial charge in [-0.3, -0.25) is 9.69 Å². The zero-order valence-corrected chi connectivity index (χ0v) is 12.5. The number of rotatable bonds is 5. The van der Waals surface area contributed by atoms with Crippen LogP contribution in [0, 0.1) is 0 Å². The molecule has 0 radical (unpaired) electrons. The van der Waals surface area contributed by atoms with Gasteiger partial charge in [0.15, 0.2) is 0 Å². The van der Waals surface area contributed by atoms with E-state index in [0.29, 0.717) is 31.2 Å². The van der Waals surface area contributed by atoms with Crippen molar-refractivity contribution in [2.45, 2.75) is 26.0 Å². The molecule has 1 unspecified atom stereocenters. The van der Waals surface area contributed by atoms with Crippen molar-refractivity contribution in [3.8, 4) is 0 Å². The van der Waals surface area contributed by atoms with E-state index in [2.05, 4.69) is 0 Å². The third-order valence-corrected chi connectivity index (χ3v) is 3.88. The van der Waals surface area contributed by atoms with Gasteiger partial charge in [0, 0.05) is 31.2 Å². The minimum absolute atomic E-state index is 0.120. The van der Waals surface area contributed by atoms with Gasteiger partial charge in [0.1, 0.15) is 0 Å². The first kappa shape index (κ1) is 15.3. The lowest BCUT2D eigenvalue weighted by atomic mass is 10.2. The molecule has 1 saturated heterocycles. The molecule has 1 aromatic rings. The molecule has 1 N–H and O–H groups in total. The first-order valence-electron chi connectivity index (χ1n) is 7.01. The Labute approximate surface area is 124 Å². The Morgan fingerprint density at radius 3 is 2.60 bits per heavy atom. The topological polar surface area (TPSA) is 43.8 Å². The fourth-order valence-corrected chi connectivity index (χ4v) is 2.44. The fourth-order valence-electron chi connectivity index (χ4n) is 2.32. The van der Waals surface area contributed by atoms with Gasteiger partial charge < -0.3 is 10.0 Å². The SMILES string of the molecule is CCC(O)CN1CCN(Cc2ccc(Cl)cc2)C(=O)C1. The van der Waals surface area contributed by atoms with Crippen LogP contribution in [-0.4, -0.2) is 53.1 Å². The first-order valence-corrected chi connectivity index (χ1v) is 7.39. The average Bonchev–Trinajstić information content (AvgIpc) is 2.44. The Morgan fingerprint density at radius 1 is 1.30 bits per heavy atom. The number of nitrogens with zero attached hydrogens (tertiary/aromatic N) is 2. The van der Waals surface area contributed by atoms with E-state index in [9.17, 15) is 9.90 Å². The number of carbonyl (C=O) groups excluding carboxylic acids is 1. The molecule has 0 aromatic heterocycles. The van der Waals surface area contributed by atoms with Gasteiger partial charge in [-0.2, -0.15) is 0 Å². The van der Waals surface area contributed by atoms with Crippen LogP contribution >= 0.6 is 11.6 Å². The van der Waals surface area contributed by atoms with E-state index in [4.69, 9.17) is 11.6 Å². The maximum Gasteiger partial charge on any atom is 0.237 e. The van der Waals surface area contributed by atoms with E-state index in [1.807, 2.05) is 41.0 Å². The van der Waals surface area contributed by atoms with E-state index in [1.165, 1.54) is 0 Å². The summed E-state index contributed by atoms with van der Waals surface area (Å²) in [6, 6.07) is 7.58. The monoisotopic (exact) mass is 296 g/mol. The molecule has 20 heavy (non-hydrogen) atoms. The van der Waals surface area contributed by atoms with E-state index < -0.39 is 0 Å². The van der Waals surface area contributed by atoms with Crippen molar-refractivity contribution in [2.24, 2.45) is 0 Å². The van der Waals surface area contributed by atoms with Crippen LogP contribution in [0.3, 0.4) is 0 Å². The number of hydrogen-bond acceptors (Lipinski definition) is 3. The van der Waals surface area contributed by atoms with Crippen LogP contribution in [0.5, 0.6) is 0 Å². The molecular weight excluding hydrogens is 276 g/mol. The lowest BCUT2D eigenvalue weighted by Crippen LogP contribution is -2.51. The van der Waals surface area contributed by atoms with Crippen molar-refractivity contribution < 1.29 is 9.90 Å². The zero-order chi connectivity index (χ0) is 14.5. The second-order valence-corrected chi connectivity index (χ2v) is 5.68. The Kier molecular flexibility index (Phi) is 5.40. The van der Waals surface area contributed by atoms with Crippen LogP contribution in [0.1, 0.15) is 18.9 Å². The molecule has 4 nitrogen and oxygen atoms in total. The van der Waals surface area contributed by atoms with E-state index in [1.54, 1.807) is 0 Å². The highest BCUT2D eigenvalue weighted by Gasteiger charge is 2.24. The van der Waals surface area contributed by atoms with Crippen molar-refractivity contribution in [1.82, 2.24) is 9.80 Å². The van der Waals surface area contributed by atoms with Crippen molar-refractivity contribution in [1.29, 1.82) is 0 Å². The van der Waals surface area contributed by atoms with Crippen molar-refractivity contribution >= 4 is 17.5 Å². The summed E-state index contributed by atoms with van der Waals surface area (Å²) >= 11 is 5.85. The molecule has 2 rings (SSSR count). The van der Waals surface area contributed by atoms with Crippen LogP contribution in [0.25, 0.3) is 0 Å². The molecule has 0 spiro atoms. The predicted molar refractivity (Wildman–Crippen MR) is 79.6 cm³/mol. The summed E-state index contributed by atoms with van der Waals surface area (Å²) in [5.41, 5.74) is 1.09. The Balaban J connectivity index is 1.87. The maximum absolute atomic E-state index is 12.1. The van der Waals surface area contributed by atoms with Gasteiger partial charge in [-0.05, 0) is 24.1 Å². The lowest BCUT2D eigenvalue weighted by Gasteiger charge is -2.35. The fraction of sp³-hybridized carbons (Fsp3) is 0.533. The average molecular weight is 297 g/mol. The highest BCUT2D eigenvalue weighted by Crippen LogP contribution is 2.13. The number of β-amino-alcohol motifs (C(OH)–C–C–N with tert-alkyl or cyclic N) is 1. The lowest BCUT2D eigenvalue weighted by molar-refractivity contribution is -0.137. The first-order chi connectivity index (χ1) is 9.58. The molecule has 0 bridgehead atoms. The molecular formula is C15H21ClN2O2. The van der Waals surface area contributed by atoms with E-state index in [0.717, 1.165) is 18.5 Å². The molecule has 1 fully saturated rings. The van der Waals surface area contributed by atoms with Crippen molar-refractivity contribution in [3.05, 3.63) is 34.9 Å². The molecule has 0 aliphatic carbocycles. The van der Waals surface area contributed by atoms with Crippen LogP contribution < -0.4 is 0 Å². The predicted octanol–water partition coefficient (Wildman–Crippen LogP) is 1.76. The third-order valence-electron chi connectivity index (χ3n) is 3.62. The van der Waals surface area contributed by atoms with Crippen LogP contribution in [-0.2, 0) is 11.3 Å². The number of benzene rings is 1. The number of amides is 1. The Morgan fingerprint density at radius 2 is 2.00 bits per heavy atom. The van der Waals surface area contributed by atoms with Gasteiger partial charge in [-0.25, -0.2) is 0 Å². The van der Waals surface area contributed by atoms with Gasteiger partial charge in [-0.1, -0.05) is 30.7 Å². The maximum atomic E-state index is 12.1. The molecule has 5 heteroatoms. The standard InChI is InChI=1S/C15H21ClN2O2/c1-2-14(19)10-17-7-8-18(15(20)11-17)9-12-3-5-13(16)6-4-12/h3-6,14,19H,2,7-11H2,1H3. The van der Waals surface area contributed by atoms with Gasteiger partial charge in [-0.15, -0.1) is 0 Å². The highest BCUT2D eigenvalue weighted by atomic mass is 35.5. The summed E-state index contributed by atoms with van der Waals surface area (Å²) in [7, 11) is 0. The van der Waals surface area contributed by atoms with Crippen LogP contribution in [0.4, 0.5) is 0 Å². The second kappa shape index (κ2) is 7.07. The smallest absolute Gasteiger partial charge is 0.237 e. The number of halogens is 1. The minimum Gasteiger partial charge on any atom is -0.392 e. The van der Waals surface area contributed by atoms with Crippen LogP contribution in [0.2, 0.25) is 5.02 Å². The van der Waals surface area contributed by atoms with Crippen molar-refractivity contribution in [2.75, 3.05) is 26.2 Å². The summed E-state index contributed by atoms with van der Waals surface area (Å²) in [6.45, 7) is 5.07. The van der Waals surface area contributed by atoms with Gasteiger partial charge in [0.2, 0.25) is 5.91 Å². The summed E-state index contributed by atoms with van der Waals surface area (Å²) in [4.78, 5) is 16.0. The summed E-state index contributed by atoms with van der Waals surface area (Å²) < 4.78 is 0. The number of carbonyl (C=O) groups is 1. The molecule has 1 amide bonds. The third kappa shape index (κ3) is 4.20. The second-order valence-electron chi connectivity index (χ2n) is 5.24. The molecule has 1 aliphatic rings. The molecule has 1 aliphatic heterocycles. The molecule has 110 valence electrons. The minimum atomic E-state index is -0.342. The summed E-state index contributed by atoms with van der Waals surface area (Å²) in [6.07, 6.45) is 0.379. The van der Waals surface area contributed by atoms with Crippen molar-refractivity contribution in [3.63, 3.8) is 0 Å². The molecule has 1 aromatic carbocycles. The molecule has 0 saturated carbocycles. The number of aliphatic hydroxyl groups is 1. The quantitative estimate of drug-likeness (QED) is 0.900. The Hall–Kier alpha value is -1.10. The van der Waals surface area contributed by atoms with Gasteiger partial charge in [0.25, 0.3) is 0 Å². The zero-order valence-electron chi connectivity index (χ0n) is 11.8. The summed E-state index contributed by atoms with van der Waals surface area (Å²) in [5.74, 6) is 0.120. The highest BCUT2D eigenvalue weighted by molar-refractivity contribution is 6.30. The van der Waals surface area contributed by atoms with Crippen LogP contribution in [0.15, 0.2) is 24.3 Å². The Bertz CT molecular complexity index is 450. The number of piperazine rings is 1. The van der Waals surface area contributed by atoms with E-state index >= 15 is 0 Å². The summed E-state index contributed by atoms with van der Waals surface area (Å²) in [5, 5.41) is 10.4. The largest absolute Gasteiger partial charge is 0.392 e. The van der Waals surface area contributed by atoms with Gasteiger partial charge in [0.05, 0.1) is 12.6 Å².